The standard InChI is InChI=1S/C29H30N2O6S/c1-6-9-20-14-18(15-22(35-5)26(20)32)16-23-27(33)31-25(19-10-12-21(13-11-19)36-7-2)24(28(34)37-8-3)17(4)30-29(31)38-23/h6,10-16,25,32H,1,7-9H2,2-5H3/b23-16+/t25-/m1/s1. The molecule has 8 nitrogen and oxygen atoms in total. The zero-order valence-electron chi connectivity index (χ0n) is 21.8. The number of carbonyl (C=O) groups is 1. The van der Waals surface area contributed by atoms with E-state index in [0.29, 0.717) is 56.3 Å². The monoisotopic (exact) mass is 534 g/mol. The fourth-order valence-corrected chi connectivity index (χ4v) is 5.46. The predicted octanol–water partition coefficient (Wildman–Crippen LogP) is 3.64. The van der Waals surface area contributed by atoms with Gasteiger partial charge < -0.3 is 19.3 Å². The Morgan fingerprint density at radius 2 is 1.95 bits per heavy atom. The molecule has 0 saturated carbocycles. The number of esters is 1. The van der Waals surface area contributed by atoms with Gasteiger partial charge in [0.15, 0.2) is 16.3 Å². The van der Waals surface area contributed by atoms with Crippen molar-refractivity contribution in [2.24, 2.45) is 4.99 Å². The lowest BCUT2D eigenvalue weighted by Crippen LogP contribution is -2.39. The summed E-state index contributed by atoms with van der Waals surface area (Å²) in [5.74, 6) is 0.519. The Bertz CT molecular complexity index is 1580. The molecule has 2 aromatic carbocycles. The second-order valence-electron chi connectivity index (χ2n) is 8.53. The first-order chi connectivity index (χ1) is 18.3. The highest BCUT2D eigenvalue weighted by molar-refractivity contribution is 7.07. The third-order valence-corrected chi connectivity index (χ3v) is 7.06. The molecule has 198 valence electrons. The highest BCUT2D eigenvalue weighted by Gasteiger charge is 2.33. The molecule has 0 bridgehead atoms. The van der Waals surface area contributed by atoms with Crippen LogP contribution in [-0.2, 0) is 16.0 Å². The van der Waals surface area contributed by atoms with Gasteiger partial charge in [-0.2, -0.15) is 0 Å². The van der Waals surface area contributed by atoms with Crippen LogP contribution >= 0.6 is 11.3 Å². The van der Waals surface area contributed by atoms with Crippen LogP contribution in [0.4, 0.5) is 0 Å². The summed E-state index contributed by atoms with van der Waals surface area (Å²) in [6.45, 7) is 9.86. The predicted molar refractivity (Wildman–Crippen MR) is 147 cm³/mol. The Labute approximate surface area is 224 Å². The van der Waals surface area contributed by atoms with Gasteiger partial charge in [0.05, 0.1) is 42.2 Å². The van der Waals surface area contributed by atoms with Crippen molar-refractivity contribution in [3.8, 4) is 17.2 Å². The largest absolute Gasteiger partial charge is 0.504 e. The number of phenols is 1. The van der Waals surface area contributed by atoms with E-state index in [9.17, 15) is 14.7 Å². The molecule has 1 N–H and O–H groups in total. The smallest absolute Gasteiger partial charge is 0.338 e. The second kappa shape index (κ2) is 11.5. The average Bonchev–Trinajstić information content (AvgIpc) is 3.20. The number of hydrogen-bond donors (Lipinski definition) is 1. The quantitative estimate of drug-likeness (QED) is 0.333. The summed E-state index contributed by atoms with van der Waals surface area (Å²) in [4.78, 5) is 32.0. The normalized spacial score (nSPS) is 15.1. The van der Waals surface area contributed by atoms with Gasteiger partial charge in [0, 0.05) is 5.56 Å². The number of carbonyl (C=O) groups excluding carboxylic acids is 1. The van der Waals surface area contributed by atoms with Crippen molar-refractivity contribution in [1.82, 2.24) is 4.57 Å². The topological polar surface area (TPSA) is 99.4 Å². The molecule has 0 unspecified atom stereocenters. The van der Waals surface area contributed by atoms with Gasteiger partial charge in [-0.25, -0.2) is 9.79 Å². The lowest BCUT2D eigenvalue weighted by atomic mass is 9.96. The van der Waals surface area contributed by atoms with E-state index in [0.717, 1.165) is 5.56 Å². The lowest BCUT2D eigenvalue weighted by Gasteiger charge is -2.24. The summed E-state index contributed by atoms with van der Waals surface area (Å²) in [6.07, 6.45) is 3.85. The lowest BCUT2D eigenvalue weighted by molar-refractivity contribution is -0.139. The molecule has 4 rings (SSSR count). The number of methoxy groups -OCH3 is 1. The van der Waals surface area contributed by atoms with Crippen LogP contribution in [0.2, 0.25) is 0 Å². The third-order valence-electron chi connectivity index (χ3n) is 6.08. The average molecular weight is 535 g/mol. The van der Waals surface area contributed by atoms with Gasteiger partial charge in [-0.1, -0.05) is 29.5 Å². The summed E-state index contributed by atoms with van der Waals surface area (Å²) in [5, 5.41) is 10.4. The van der Waals surface area contributed by atoms with E-state index in [1.807, 2.05) is 31.2 Å². The first-order valence-corrected chi connectivity index (χ1v) is 13.1. The maximum atomic E-state index is 13.8. The minimum atomic E-state index is -0.714. The van der Waals surface area contributed by atoms with Gasteiger partial charge in [0.1, 0.15) is 5.75 Å². The molecule has 0 fully saturated rings. The molecule has 3 aromatic rings. The molecule has 1 atom stereocenters. The van der Waals surface area contributed by atoms with Crippen LogP contribution in [0.3, 0.4) is 0 Å². The van der Waals surface area contributed by atoms with E-state index in [2.05, 4.69) is 11.6 Å². The number of hydrogen-bond acceptors (Lipinski definition) is 8. The highest BCUT2D eigenvalue weighted by Crippen LogP contribution is 2.33. The van der Waals surface area contributed by atoms with Crippen LogP contribution in [0.5, 0.6) is 17.2 Å². The number of rotatable bonds is 9. The number of aromatic hydroxyl groups is 1. The molecule has 0 amide bonds. The van der Waals surface area contributed by atoms with Gasteiger partial charge in [-0.05, 0) is 68.7 Å². The van der Waals surface area contributed by atoms with E-state index in [-0.39, 0.29) is 17.9 Å². The van der Waals surface area contributed by atoms with Gasteiger partial charge in [-0.15, -0.1) is 6.58 Å². The fourth-order valence-electron chi connectivity index (χ4n) is 4.41. The minimum absolute atomic E-state index is 0.0382. The van der Waals surface area contributed by atoms with E-state index < -0.39 is 12.0 Å². The molecular weight excluding hydrogens is 504 g/mol. The van der Waals surface area contributed by atoms with Crippen molar-refractivity contribution in [2.45, 2.75) is 33.2 Å². The van der Waals surface area contributed by atoms with Crippen molar-refractivity contribution in [2.75, 3.05) is 20.3 Å². The Balaban J connectivity index is 1.92. The molecule has 1 aliphatic rings. The van der Waals surface area contributed by atoms with Crippen molar-refractivity contribution in [3.05, 3.63) is 96.7 Å². The van der Waals surface area contributed by atoms with Crippen LogP contribution < -0.4 is 24.4 Å². The van der Waals surface area contributed by atoms with Gasteiger partial charge in [-0.3, -0.25) is 9.36 Å². The van der Waals surface area contributed by atoms with E-state index in [4.69, 9.17) is 14.2 Å². The van der Waals surface area contributed by atoms with Crippen molar-refractivity contribution in [1.29, 1.82) is 0 Å². The van der Waals surface area contributed by atoms with E-state index in [1.54, 1.807) is 38.1 Å². The molecular formula is C29H30N2O6S. The number of phenolic OH excluding ortho intramolecular Hbond substituents is 1. The minimum Gasteiger partial charge on any atom is -0.504 e. The summed E-state index contributed by atoms with van der Waals surface area (Å²) in [5.41, 5.74) is 2.56. The number of benzene rings is 2. The van der Waals surface area contributed by atoms with E-state index >= 15 is 0 Å². The highest BCUT2D eigenvalue weighted by atomic mass is 32.1. The number of aromatic nitrogens is 1. The molecule has 0 radical (unpaired) electrons. The zero-order valence-corrected chi connectivity index (χ0v) is 22.6. The van der Waals surface area contributed by atoms with Crippen LogP contribution in [-0.4, -0.2) is 36.0 Å². The Morgan fingerprint density at radius 1 is 1.21 bits per heavy atom. The number of allylic oxidation sites excluding steroid dienone is 2. The Kier molecular flexibility index (Phi) is 8.16. The molecule has 38 heavy (non-hydrogen) atoms. The zero-order chi connectivity index (χ0) is 27.4. The van der Waals surface area contributed by atoms with Crippen LogP contribution in [0, 0.1) is 0 Å². The molecule has 1 aliphatic heterocycles. The first kappa shape index (κ1) is 26.9. The fraction of sp³-hybridized carbons (Fsp3) is 0.276. The SMILES string of the molecule is C=CCc1cc(/C=c2/sc3n(c2=O)[C@H](c2ccc(OCC)cc2)C(C(=O)OCC)=C(C)N=3)cc(OC)c1O. The molecule has 0 saturated heterocycles. The number of ether oxygens (including phenoxy) is 3. The third kappa shape index (κ3) is 5.15. The van der Waals surface area contributed by atoms with Crippen molar-refractivity contribution < 1.29 is 24.1 Å². The molecule has 1 aromatic heterocycles. The Hall–Kier alpha value is -4.11. The number of nitrogens with zero attached hydrogens (tertiary/aromatic N) is 2. The molecule has 9 heteroatoms. The van der Waals surface area contributed by atoms with Gasteiger partial charge in [0.25, 0.3) is 5.56 Å². The summed E-state index contributed by atoms with van der Waals surface area (Å²) in [7, 11) is 1.47. The molecule has 0 spiro atoms. The van der Waals surface area contributed by atoms with Crippen LogP contribution in [0.25, 0.3) is 6.08 Å². The Morgan fingerprint density at radius 3 is 2.58 bits per heavy atom. The second-order valence-corrected chi connectivity index (χ2v) is 9.54. The van der Waals surface area contributed by atoms with Gasteiger partial charge >= 0.3 is 5.97 Å². The van der Waals surface area contributed by atoms with Crippen molar-refractivity contribution in [3.63, 3.8) is 0 Å². The maximum absolute atomic E-state index is 13.8. The van der Waals surface area contributed by atoms with Gasteiger partial charge in [0.2, 0.25) is 0 Å². The number of fused-ring (bicyclic) bond motifs is 1. The van der Waals surface area contributed by atoms with Crippen LogP contribution in [0.15, 0.2) is 70.1 Å². The number of thiazole rings is 1. The molecule has 2 heterocycles. The summed E-state index contributed by atoms with van der Waals surface area (Å²) in [6, 6.07) is 10.1. The summed E-state index contributed by atoms with van der Waals surface area (Å²) >= 11 is 1.23. The van der Waals surface area contributed by atoms with Crippen LogP contribution in [0.1, 0.15) is 43.5 Å². The first-order valence-electron chi connectivity index (χ1n) is 12.3. The van der Waals surface area contributed by atoms with Crippen molar-refractivity contribution >= 4 is 23.4 Å². The molecule has 0 aliphatic carbocycles. The summed E-state index contributed by atoms with van der Waals surface area (Å²) < 4.78 is 18.2. The maximum Gasteiger partial charge on any atom is 0.338 e. The van der Waals surface area contributed by atoms with E-state index in [1.165, 1.54) is 23.0 Å².